The van der Waals surface area contributed by atoms with Gasteiger partial charge in [0.2, 0.25) is 0 Å². The number of nitrogens with zero attached hydrogens (tertiary/aromatic N) is 3. The molecule has 186 valence electrons. The number of aromatic nitrogens is 2. The molecule has 0 saturated heterocycles. The van der Waals surface area contributed by atoms with Gasteiger partial charge in [-0.25, -0.2) is 13.8 Å². The summed E-state index contributed by atoms with van der Waals surface area (Å²) in [5.41, 5.74) is 2.72. The first-order valence-electron chi connectivity index (χ1n) is 11.4. The largest absolute Gasteiger partial charge is 0.485 e. The molecule has 0 aliphatic heterocycles. The smallest absolute Gasteiger partial charge is 0.270 e. The number of halogens is 3. The highest BCUT2D eigenvalue weighted by molar-refractivity contribution is 6.30. The fourth-order valence-electron chi connectivity index (χ4n) is 3.99. The van der Waals surface area contributed by atoms with Crippen molar-refractivity contribution < 1.29 is 18.3 Å². The van der Waals surface area contributed by atoms with Crippen LogP contribution in [0.1, 0.15) is 45.8 Å². The first-order valence-corrected chi connectivity index (χ1v) is 11.8. The molecule has 1 atom stereocenters. The summed E-state index contributed by atoms with van der Waals surface area (Å²) >= 11 is 6.01. The molecule has 0 aliphatic carbocycles. The van der Waals surface area contributed by atoms with Crippen LogP contribution in [-0.4, -0.2) is 28.6 Å². The van der Waals surface area contributed by atoms with Crippen LogP contribution in [0.3, 0.4) is 0 Å². The van der Waals surface area contributed by atoms with E-state index in [9.17, 15) is 13.6 Å². The van der Waals surface area contributed by atoms with Gasteiger partial charge in [-0.3, -0.25) is 14.2 Å². The zero-order valence-electron chi connectivity index (χ0n) is 19.9. The zero-order valence-corrected chi connectivity index (χ0v) is 20.6. The second-order valence-corrected chi connectivity index (χ2v) is 8.75. The zero-order chi connectivity index (χ0) is 25.8. The third-order valence-electron chi connectivity index (χ3n) is 5.77. The maximum Gasteiger partial charge on any atom is 0.270 e. The molecule has 0 spiro atoms. The lowest BCUT2D eigenvalue weighted by atomic mass is 10.1. The van der Waals surface area contributed by atoms with Crippen molar-refractivity contribution in [1.82, 2.24) is 14.7 Å². The van der Waals surface area contributed by atoms with Crippen LogP contribution in [0.4, 0.5) is 8.78 Å². The van der Waals surface area contributed by atoms with Gasteiger partial charge in [0.15, 0.2) is 11.4 Å². The minimum atomic E-state index is -0.694. The number of hydrogen-bond acceptors (Lipinski definition) is 4. The highest BCUT2D eigenvalue weighted by Crippen LogP contribution is 2.27. The van der Waals surface area contributed by atoms with Gasteiger partial charge in [-0.05, 0) is 61.5 Å². The Morgan fingerprint density at radius 1 is 1.22 bits per heavy atom. The van der Waals surface area contributed by atoms with Crippen molar-refractivity contribution in [2.24, 2.45) is 4.99 Å². The number of pyridine rings is 1. The second kappa shape index (κ2) is 10.9. The number of aliphatic imine (C=N–C) groups is 1. The molecule has 2 aromatic carbocycles. The number of hydrogen-bond donors (Lipinski definition) is 1. The van der Waals surface area contributed by atoms with Gasteiger partial charge in [0, 0.05) is 11.2 Å². The molecule has 1 amide bonds. The average molecular weight is 511 g/mol. The third kappa shape index (κ3) is 5.23. The van der Waals surface area contributed by atoms with Crippen molar-refractivity contribution in [2.75, 3.05) is 6.54 Å². The van der Waals surface area contributed by atoms with E-state index < -0.39 is 17.7 Å². The minimum Gasteiger partial charge on any atom is -0.485 e. The van der Waals surface area contributed by atoms with Crippen molar-refractivity contribution in [3.05, 3.63) is 99.5 Å². The number of rotatable bonds is 9. The Kier molecular flexibility index (Phi) is 7.64. The summed E-state index contributed by atoms with van der Waals surface area (Å²) in [5.74, 6) is -1.42. The molecule has 4 aromatic rings. The van der Waals surface area contributed by atoms with E-state index in [-0.39, 0.29) is 24.6 Å². The van der Waals surface area contributed by atoms with Crippen molar-refractivity contribution in [1.29, 1.82) is 0 Å². The van der Waals surface area contributed by atoms with E-state index in [4.69, 9.17) is 16.3 Å². The van der Waals surface area contributed by atoms with Crippen molar-refractivity contribution in [2.45, 2.75) is 32.9 Å². The lowest BCUT2D eigenvalue weighted by Crippen LogP contribution is -2.32. The van der Waals surface area contributed by atoms with Crippen LogP contribution < -0.4 is 10.1 Å². The fourth-order valence-corrected chi connectivity index (χ4v) is 4.12. The van der Waals surface area contributed by atoms with E-state index in [1.165, 1.54) is 18.2 Å². The molecule has 0 fully saturated rings. The summed E-state index contributed by atoms with van der Waals surface area (Å²) in [6.45, 7) is 7.24. The maximum absolute atomic E-state index is 14.1. The van der Waals surface area contributed by atoms with E-state index in [0.29, 0.717) is 34.2 Å². The highest BCUT2D eigenvalue weighted by atomic mass is 35.5. The molecule has 0 radical (unpaired) electrons. The molecule has 0 bridgehead atoms. The second-order valence-electron chi connectivity index (χ2n) is 8.31. The van der Waals surface area contributed by atoms with Gasteiger partial charge in [-0.1, -0.05) is 36.7 Å². The number of carbonyl (C=O) groups is 1. The summed E-state index contributed by atoms with van der Waals surface area (Å²) in [6.07, 6.45) is 2.26. The molecule has 6 nitrogen and oxygen atoms in total. The van der Waals surface area contributed by atoms with Gasteiger partial charge >= 0.3 is 0 Å². The Bertz CT molecular complexity index is 1400. The van der Waals surface area contributed by atoms with E-state index in [1.54, 1.807) is 28.8 Å². The number of carbonyl (C=O) groups excluding carboxylic acids is 1. The van der Waals surface area contributed by atoms with Gasteiger partial charge in [-0.2, -0.15) is 0 Å². The molecule has 2 aromatic heterocycles. The predicted octanol–water partition coefficient (Wildman–Crippen LogP) is 5.89. The third-order valence-corrected chi connectivity index (χ3v) is 6.02. The lowest BCUT2D eigenvalue weighted by molar-refractivity contribution is 0.0931. The number of aryl methyl sites for hydroxylation is 2. The van der Waals surface area contributed by atoms with Crippen molar-refractivity contribution in [3.63, 3.8) is 0 Å². The van der Waals surface area contributed by atoms with Gasteiger partial charge in [0.25, 0.3) is 5.91 Å². The SMILES string of the molecule is C=NCC(NC(=O)c1c(CC)nc2c(OCc3c(F)cccc3F)cc(C)cn12)c1ccc(Cl)cc1. The van der Waals surface area contributed by atoms with E-state index >= 15 is 0 Å². The Hall–Kier alpha value is -3.78. The van der Waals surface area contributed by atoms with Gasteiger partial charge in [-0.15, -0.1) is 0 Å². The standard InChI is InChI=1S/C27H25ClF2N4O2/c1-4-22-25(27(35)33-23(13-31-3)17-8-10-18(28)11-9-17)34-14-16(2)12-24(26(34)32-22)36-15-19-20(29)6-5-7-21(19)30/h5-12,14,23H,3-4,13,15H2,1-2H3,(H,33,35). The lowest BCUT2D eigenvalue weighted by Gasteiger charge is -2.18. The van der Waals surface area contributed by atoms with Crippen molar-refractivity contribution in [3.8, 4) is 5.75 Å². The normalized spacial score (nSPS) is 11.9. The van der Waals surface area contributed by atoms with Crippen molar-refractivity contribution >= 4 is 29.9 Å². The number of fused-ring (bicyclic) bond motifs is 1. The molecule has 1 N–H and O–H groups in total. The summed E-state index contributed by atoms with van der Waals surface area (Å²) in [4.78, 5) is 22.1. The van der Waals surface area contributed by atoms with E-state index in [1.807, 2.05) is 26.0 Å². The first-order chi connectivity index (χ1) is 17.3. The predicted molar refractivity (Wildman–Crippen MR) is 136 cm³/mol. The summed E-state index contributed by atoms with van der Waals surface area (Å²) < 4.78 is 35.7. The Balaban J connectivity index is 1.69. The molecule has 4 rings (SSSR count). The number of imidazole rings is 1. The summed E-state index contributed by atoms with van der Waals surface area (Å²) in [7, 11) is 0. The Morgan fingerprint density at radius 2 is 1.92 bits per heavy atom. The fraction of sp³-hybridized carbons (Fsp3) is 0.222. The van der Waals surface area contributed by atoms with Crippen LogP contribution in [0.5, 0.6) is 5.75 Å². The van der Waals surface area contributed by atoms with Gasteiger partial charge in [0.1, 0.15) is 23.9 Å². The molecule has 9 heteroatoms. The molecule has 0 aliphatic rings. The average Bonchev–Trinajstić information content (AvgIpc) is 3.22. The van der Waals surface area contributed by atoms with Crippen LogP contribution in [0, 0.1) is 18.6 Å². The molecular formula is C27H25ClF2N4O2. The number of benzene rings is 2. The molecule has 1 unspecified atom stereocenters. The van der Waals surface area contributed by atoms with E-state index in [0.717, 1.165) is 11.1 Å². The topological polar surface area (TPSA) is 68.0 Å². The number of ether oxygens (including phenoxy) is 1. The van der Waals surface area contributed by atoms with Crippen LogP contribution in [0.25, 0.3) is 5.65 Å². The Morgan fingerprint density at radius 3 is 2.56 bits per heavy atom. The summed E-state index contributed by atoms with van der Waals surface area (Å²) in [6, 6.07) is 12.1. The number of amides is 1. The van der Waals surface area contributed by atoms with E-state index in [2.05, 4.69) is 22.0 Å². The molecule has 36 heavy (non-hydrogen) atoms. The number of nitrogens with one attached hydrogen (secondary N) is 1. The van der Waals surface area contributed by atoms with Crippen LogP contribution in [0.15, 0.2) is 59.7 Å². The summed E-state index contributed by atoms with van der Waals surface area (Å²) in [5, 5.41) is 3.60. The van der Waals surface area contributed by atoms with Crippen LogP contribution in [-0.2, 0) is 13.0 Å². The van der Waals surface area contributed by atoms with Gasteiger partial charge in [0.05, 0.1) is 23.8 Å². The first kappa shape index (κ1) is 25.3. The van der Waals surface area contributed by atoms with Crippen LogP contribution in [0.2, 0.25) is 5.02 Å². The quantitative estimate of drug-likeness (QED) is 0.286. The Labute approximate surface area is 212 Å². The minimum absolute atomic E-state index is 0.180. The molecule has 2 heterocycles. The highest BCUT2D eigenvalue weighted by Gasteiger charge is 2.24. The molecule has 0 saturated carbocycles. The van der Waals surface area contributed by atoms with Crippen LogP contribution >= 0.6 is 11.6 Å². The monoisotopic (exact) mass is 510 g/mol. The molecular weight excluding hydrogens is 486 g/mol. The van der Waals surface area contributed by atoms with Gasteiger partial charge < -0.3 is 10.1 Å². The maximum atomic E-state index is 14.1.